The Morgan fingerprint density at radius 2 is 1.93 bits per heavy atom. The lowest BCUT2D eigenvalue weighted by atomic mass is 10.0. The molecule has 30 heavy (non-hydrogen) atoms. The highest BCUT2D eigenvalue weighted by atomic mass is 32.1. The molecule has 0 N–H and O–H groups in total. The lowest BCUT2D eigenvalue weighted by Crippen LogP contribution is -2.50. The van der Waals surface area contributed by atoms with E-state index >= 15 is 0 Å². The molecule has 1 unspecified atom stereocenters. The molecule has 2 aliphatic heterocycles. The van der Waals surface area contributed by atoms with Gasteiger partial charge in [0.05, 0.1) is 20.8 Å². The van der Waals surface area contributed by atoms with E-state index in [-0.39, 0.29) is 11.9 Å². The number of nitrogens with zero attached hydrogens (tertiary/aromatic N) is 3. The Morgan fingerprint density at radius 3 is 2.63 bits per heavy atom. The maximum Gasteiger partial charge on any atom is 0.236 e. The third-order valence-electron chi connectivity index (χ3n) is 6.19. The van der Waals surface area contributed by atoms with Gasteiger partial charge in [0.25, 0.3) is 0 Å². The first-order valence-electron chi connectivity index (χ1n) is 10.7. The number of piperazine rings is 1. The highest BCUT2D eigenvalue weighted by Gasteiger charge is 2.31. The lowest BCUT2D eigenvalue weighted by molar-refractivity contribution is -0.134. The van der Waals surface area contributed by atoms with E-state index in [1.54, 1.807) is 25.6 Å². The fourth-order valence-corrected chi connectivity index (χ4v) is 5.26. The lowest BCUT2D eigenvalue weighted by Gasteiger charge is -2.36. The van der Waals surface area contributed by atoms with Crippen LogP contribution < -0.4 is 9.47 Å². The predicted octanol–water partition coefficient (Wildman–Crippen LogP) is 3.25. The summed E-state index contributed by atoms with van der Waals surface area (Å²) in [5.74, 6) is 1.86. The second-order valence-corrected chi connectivity index (χ2v) is 9.00. The summed E-state index contributed by atoms with van der Waals surface area (Å²) in [5, 5.41) is 2.12. The largest absolute Gasteiger partial charge is 0.497 e. The predicted molar refractivity (Wildman–Crippen MR) is 119 cm³/mol. The molecule has 2 aliphatic rings. The highest BCUT2D eigenvalue weighted by molar-refractivity contribution is 7.09. The van der Waals surface area contributed by atoms with Gasteiger partial charge in [-0.1, -0.05) is 12.1 Å². The SMILES string of the molecule is COc1ccc(C2CCCN2CC(=O)N2CCN(Cc3cccs3)CC2)c(OC)c1. The minimum absolute atomic E-state index is 0.218. The standard InChI is InChI=1S/C23H31N3O3S/c1-28-18-7-8-20(22(15-18)29-2)21-6-3-9-26(21)17-23(27)25-12-10-24(11-13-25)16-19-5-4-14-30-19/h4-5,7-8,14-15,21H,3,6,9-13,16-17H2,1-2H3. The molecule has 0 spiro atoms. The molecule has 2 fully saturated rings. The van der Waals surface area contributed by atoms with Crippen molar-refractivity contribution in [2.24, 2.45) is 0 Å². The zero-order valence-electron chi connectivity index (χ0n) is 17.9. The molecule has 7 heteroatoms. The summed E-state index contributed by atoms with van der Waals surface area (Å²) in [4.78, 5) is 21.2. The van der Waals surface area contributed by atoms with Gasteiger partial charge in [-0.15, -0.1) is 11.3 Å². The Balaban J connectivity index is 1.34. The van der Waals surface area contributed by atoms with Crippen LogP contribution in [0.15, 0.2) is 35.7 Å². The summed E-state index contributed by atoms with van der Waals surface area (Å²) in [6.45, 7) is 5.93. The van der Waals surface area contributed by atoms with Crippen molar-refractivity contribution in [2.75, 3.05) is 53.5 Å². The molecular formula is C23H31N3O3S. The smallest absolute Gasteiger partial charge is 0.236 e. The fourth-order valence-electron chi connectivity index (χ4n) is 4.51. The quantitative estimate of drug-likeness (QED) is 0.676. The van der Waals surface area contributed by atoms with Gasteiger partial charge in [0.1, 0.15) is 11.5 Å². The molecule has 2 aromatic rings. The van der Waals surface area contributed by atoms with Gasteiger partial charge in [0.15, 0.2) is 0 Å². The first-order valence-corrected chi connectivity index (χ1v) is 11.5. The summed E-state index contributed by atoms with van der Waals surface area (Å²) < 4.78 is 10.9. The number of rotatable bonds is 7. The van der Waals surface area contributed by atoms with Crippen molar-refractivity contribution in [1.82, 2.24) is 14.7 Å². The molecule has 0 bridgehead atoms. The van der Waals surface area contributed by atoms with Crippen LogP contribution in [0.2, 0.25) is 0 Å². The Labute approximate surface area is 183 Å². The average molecular weight is 430 g/mol. The van der Waals surface area contributed by atoms with Crippen LogP contribution in [0.5, 0.6) is 11.5 Å². The Bertz CT molecular complexity index is 834. The summed E-state index contributed by atoms with van der Waals surface area (Å²) in [6, 6.07) is 10.5. The Hall–Kier alpha value is -2.09. The molecule has 2 saturated heterocycles. The minimum atomic E-state index is 0.218. The van der Waals surface area contributed by atoms with E-state index < -0.39 is 0 Å². The van der Waals surface area contributed by atoms with E-state index in [9.17, 15) is 4.79 Å². The van der Waals surface area contributed by atoms with E-state index in [0.29, 0.717) is 6.54 Å². The molecular weight excluding hydrogens is 398 g/mol. The van der Waals surface area contributed by atoms with Gasteiger partial charge in [0.2, 0.25) is 5.91 Å². The van der Waals surface area contributed by atoms with E-state index in [4.69, 9.17) is 9.47 Å². The van der Waals surface area contributed by atoms with E-state index in [1.807, 2.05) is 17.0 Å². The Kier molecular flexibility index (Phi) is 6.92. The van der Waals surface area contributed by atoms with E-state index in [2.05, 4.69) is 33.4 Å². The van der Waals surface area contributed by atoms with Crippen molar-refractivity contribution in [2.45, 2.75) is 25.4 Å². The van der Waals surface area contributed by atoms with Crippen LogP contribution in [0.3, 0.4) is 0 Å². The van der Waals surface area contributed by atoms with Crippen molar-refractivity contribution in [3.05, 3.63) is 46.2 Å². The summed E-state index contributed by atoms with van der Waals surface area (Å²) >= 11 is 1.80. The fraction of sp³-hybridized carbons (Fsp3) is 0.522. The van der Waals surface area contributed by atoms with Crippen molar-refractivity contribution in [3.8, 4) is 11.5 Å². The molecule has 162 valence electrons. The van der Waals surface area contributed by atoms with Crippen molar-refractivity contribution in [3.63, 3.8) is 0 Å². The van der Waals surface area contributed by atoms with Crippen LogP contribution in [0.25, 0.3) is 0 Å². The molecule has 1 aromatic carbocycles. The highest BCUT2D eigenvalue weighted by Crippen LogP contribution is 2.38. The number of ether oxygens (including phenoxy) is 2. The van der Waals surface area contributed by atoms with Gasteiger partial charge in [-0.05, 0) is 36.9 Å². The monoisotopic (exact) mass is 429 g/mol. The molecule has 3 heterocycles. The number of amides is 1. The van der Waals surface area contributed by atoms with Crippen LogP contribution in [0.1, 0.15) is 29.3 Å². The molecule has 4 rings (SSSR count). The maximum atomic E-state index is 13.0. The van der Waals surface area contributed by atoms with Gasteiger partial charge in [-0.2, -0.15) is 0 Å². The number of carbonyl (C=O) groups excluding carboxylic acids is 1. The van der Waals surface area contributed by atoms with Crippen molar-refractivity contribution < 1.29 is 14.3 Å². The minimum Gasteiger partial charge on any atom is -0.497 e. The number of hydrogen-bond donors (Lipinski definition) is 0. The summed E-state index contributed by atoms with van der Waals surface area (Å²) in [7, 11) is 3.35. The van der Waals surface area contributed by atoms with Gasteiger partial charge < -0.3 is 14.4 Å². The number of benzene rings is 1. The molecule has 6 nitrogen and oxygen atoms in total. The number of hydrogen-bond acceptors (Lipinski definition) is 6. The number of likely N-dealkylation sites (tertiary alicyclic amines) is 1. The second-order valence-electron chi connectivity index (χ2n) is 7.97. The van der Waals surface area contributed by atoms with Crippen LogP contribution >= 0.6 is 11.3 Å². The van der Waals surface area contributed by atoms with E-state index in [1.165, 1.54) is 4.88 Å². The van der Waals surface area contributed by atoms with Gasteiger partial charge in [-0.25, -0.2) is 0 Å². The zero-order valence-corrected chi connectivity index (χ0v) is 18.7. The third-order valence-corrected chi connectivity index (χ3v) is 7.05. The first-order chi connectivity index (χ1) is 14.7. The average Bonchev–Trinajstić information content (AvgIpc) is 3.46. The molecule has 0 radical (unpaired) electrons. The van der Waals surface area contributed by atoms with Crippen molar-refractivity contribution >= 4 is 17.2 Å². The van der Waals surface area contributed by atoms with Crippen LogP contribution in [-0.4, -0.2) is 74.1 Å². The molecule has 1 aromatic heterocycles. The third kappa shape index (κ3) is 4.79. The number of carbonyl (C=O) groups is 1. The maximum absolute atomic E-state index is 13.0. The van der Waals surface area contributed by atoms with Crippen molar-refractivity contribution in [1.29, 1.82) is 0 Å². The molecule has 0 aliphatic carbocycles. The normalized spacial score (nSPS) is 20.5. The topological polar surface area (TPSA) is 45.2 Å². The molecule has 1 atom stereocenters. The second kappa shape index (κ2) is 9.81. The number of thiophene rings is 1. The van der Waals surface area contributed by atoms with Crippen LogP contribution in [0.4, 0.5) is 0 Å². The van der Waals surface area contributed by atoms with Gasteiger partial charge in [-0.3, -0.25) is 14.6 Å². The van der Waals surface area contributed by atoms with Crippen LogP contribution in [0, 0.1) is 0 Å². The summed E-state index contributed by atoms with van der Waals surface area (Å²) in [6.07, 6.45) is 2.15. The van der Waals surface area contributed by atoms with Gasteiger partial charge >= 0.3 is 0 Å². The van der Waals surface area contributed by atoms with Crippen LogP contribution in [-0.2, 0) is 11.3 Å². The van der Waals surface area contributed by atoms with Gasteiger partial charge in [0, 0.05) is 55.3 Å². The first kappa shape index (κ1) is 21.2. The number of methoxy groups -OCH3 is 2. The summed E-state index contributed by atoms with van der Waals surface area (Å²) in [5.41, 5.74) is 1.14. The Morgan fingerprint density at radius 1 is 1.10 bits per heavy atom. The molecule has 1 amide bonds. The van der Waals surface area contributed by atoms with E-state index in [0.717, 1.165) is 69.2 Å². The zero-order chi connectivity index (χ0) is 20.9. The molecule has 0 saturated carbocycles.